The molecular formula is C16H22O4S2. The van der Waals surface area contributed by atoms with Gasteiger partial charge in [0.05, 0.1) is 29.3 Å². The van der Waals surface area contributed by atoms with Crippen LogP contribution in [0.1, 0.15) is 19.4 Å². The number of ether oxygens (including phenoxy) is 2. The Morgan fingerprint density at radius 2 is 1.45 bits per heavy atom. The highest BCUT2D eigenvalue weighted by Crippen LogP contribution is 2.27. The largest absolute Gasteiger partial charge is 0.465 e. The van der Waals surface area contributed by atoms with Crippen molar-refractivity contribution in [3.63, 3.8) is 0 Å². The van der Waals surface area contributed by atoms with E-state index < -0.39 is 0 Å². The van der Waals surface area contributed by atoms with E-state index in [4.69, 9.17) is 9.47 Å². The lowest BCUT2D eigenvalue weighted by Crippen LogP contribution is -2.14. The summed E-state index contributed by atoms with van der Waals surface area (Å²) in [6, 6.07) is 10.0. The first-order valence-electron chi connectivity index (χ1n) is 7.24. The minimum Gasteiger partial charge on any atom is -0.465 e. The number of rotatable bonds is 10. The molecule has 0 unspecified atom stereocenters. The van der Waals surface area contributed by atoms with Gasteiger partial charge in [0, 0.05) is 0 Å². The van der Waals surface area contributed by atoms with Crippen molar-refractivity contribution in [1.29, 1.82) is 0 Å². The summed E-state index contributed by atoms with van der Waals surface area (Å²) in [6.45, 7) is 4.36. The molecule has 0 aliphatic carbocycles. The van der Waals surface area contributed by atoms with Crippen LogP contribution in [0.25, 0.3) is 0 Å². The lowest BCUT2D eigenvalue weighted by Gasteiger charge is -2.15. The van der Waals surface area contributed by atoms with Gasteiger partial charge in [-0.3, -0.25) is 9.59 Å². The summed E-state index contributed by atoms with van der Waals surface area (Å²) in [5, 5.41) is 0. The van der Waals surface area contributed by atoms with E-state index in [1.54, 1.807) is 13.8 Å². The van der Waals surface area contributed by atoms with Gasteiger partial charge in [-0.2, -0.15) is 0 Å². The molecule has 0 N–H and O–H groups in total. The van der Waals surface area contributed by atoms with Crippen molar-refractivity contribution in [2.45, 2.75) is 24.9 Å². The van der Waals surface area contributed by atoms with Gasteiger partial charge in [-0.15, -0.1) is 23.5 Å². The van der Waals surface area contributed by atoms with E-state index in [1.165, 1.54) is 29.1 Å². The summed E-state index contributed by atoms with van der Waals surface area (Å²) in [5.74, 6) is 0.145. The van der Waals surface area contributed by atoms with Gasteiger partial charge in [0.15, 0.2) is 0 Å². The van der Waals surface area contributed by atoms with Crippen LogP contribution < -0.4 is 0 Å². The molecule has 1 aromatic rings. The minimum atomic E-state index is -0.220. The smallest absolute Gasteiger partial charge is 0.315 e. The van der Waals surface area contributed by atoms with Crippen molar-refractivity contribution in [2.24, 2.45) is 0 Å². The Labute approximate surface area is 140 Å². The Morgan fingerprint density at radius 3 is 1.91 bits per heavy atom. The van der Waals surface area contributed by atoms with Gasteiger partial charge in [0.1, 0.15) is 0 Å². The predicted molar refractivity (Wildman–Crippen MR) is 92.1 cm³/mol. The van der Waals surface area contributed by atoms with Crippen molar-refractivity contribution >= 4 is 35.5 Å². The number of carbonyl (C=O) groups excluding carboxylic acids is 2. The molecular weight excluding hydrogens is 320 g/mol. The molecule has 0 amide bonds. The molecule has 0 fully saturated rings. The van der Waals surface area contributed by atoms with E-state index in [0.717, 1.165) is 6.42 Å². The number of esters is 2. The average molecular weight is 342 g/mol. The summed E-state index contributed by atoms with van der Waals surface area (Å²) in [6.07, 6.45) is 0.787. The van der Waals surface area contributed by atoms with E-state index in [9.17, 15) is 9.59 Å². The Balaban J connectivity index is 2.52. The number of hydrogen-bond acceptors (Lipinski definition) is 6. The summed E-state index contributed by atoms with van der Waals surface area (Å²) in [4.78, 5) is 23.0. The molecule has 0 saturated carbocycles. The molecule has 0 atom stereocenters. The van der Waals surface area contributed by atoms with E-state index in [1.807, 2.05) is 30.3 Å². The second-order valence-electron chi connectivity index (χ2n) is 4.35. The zero-order valence-corrected chi connectivity index (χ0v) is 14.6. The number of hydrogen-bond donors (Lipinski definition) is 0. The summed E-state index contributed by atoms with van der Waals surface area (Å²) < 4.78 is 10.00. The van der Waals surface area contributed by atoms with E-state index in [-0.39, 0.29) is 16.5 Å². The van der Waals surface area contributed by atoms with Crippen molar-refractivity contribution < 1.29 is 19.1 Å². The van der Waals surface area contributed by atoms with Crippen LogP contribution in [0.5, 0.6) is 0 Å². The Kier molecular flexibility index (Phi) is 9.82. The van der Waals surface area contributed by atoms with E-state index in [2.05, 4.69) is 0 Å². The van der Waals surface area contributed by atoms with Crippen LogP contribution in [0, 0.1) is 0 Å². The zero-order chi connectivity index (χ0) is 16.2. The molecule has 0 saturated heterocycles. The molecule has 122 valence electrons. The number of benzene rings is 1. The molecule has 0 heterocycles. The monoisotopic (exact) mass is 342 g/mol. The van der Waals surface area contributed by atoms with Crippen LogP contribution in [-0.4, -0.2) is 41.2 Å². The number of thioether (sulfide) groups is 2. The molecule has 1 rings (SSSR count). The van der Waals surface area contributed by atoms with E-state index >= 15 is 0 Å². The maximum absolute atomic E-state index is 11.5. The molecule has 22 heavy (non-hydrogen) atoms. The van der Waals surface area contributed by atoms with Crippen molar-refractivity contribution in [1.82, 2.24) is 0 Å². The standard InChI is InChI=1S/C16H22O4S2/c1-3-19-14(17)11-21-16(22-12-15(18)20-4-2)10-13-8-6-5-7-9-13/h5-9,16H,3-4,10-12H2,1-2H3. The first-order valence-corrected chi connectivity index (χ1v) is 9.33. The Bertz CT molecular complexity index is 429. The van der Waals surface area contributed by atoms with Crippen LogP contribution in [-0.2, 0) is 25.5 Å². The second kappa shape index (κ2) is 11.4. The van der Waals surface area contributed by atoms with Gasteiger partial charge in [-0.25, -0.2) is 0 Å². The third-order valence-electron chi connectivity index (χ3n) is 2.63. The fraction of sp³-hybridized carbons (Fsp3) is 0.500. The molecule has 0 aliphatic rings. The number of carbonyl (C=O) groups is 2. The highest BCUT2D eigenvalue weighted by Gasteiger charge is 2.16. The van der Waals surface area contributed by atoms with Crippen LogP contribution in [0.4, 0.5) is 0 Å². The van der Waals surface area contributed by atoms with Crippen molar-refractivity contribution in [3.8, 4) is 0 Å². The van der Waals surface area contributed by atoms with Gasteiger partial charge in [0.25, 0.3) is 0 Å². The van der Waals surface area contributed by atoms with Crippen molar-refractivity contribution in [3.05, 3.63) is 35.9 Å². The zero-order valence-electron chi connectivity index (χ0n) is 12.9. The summed E-state index contributed by atoms with van der Waals surface area (Å²) in [5.41, 5.74) is 1.18. The first kappa shape index (κ1) is 18.9. The third-order valence-corrected chi connectivity index (χ3v) is 5.33. The van der Waals surface area contributed by atoms with Crippen LogP contribution in [0.3, 0.4) is 0 Å². The van der Waals surface area contributed by atoms with Gasteiger partial charge in [-0.1, -0.05) is 30.3 Å². The van der Waals surface area contributed by atoms with Gasteiger partial charge >= 0.3 is 11.9 Å². The molecule has 4 nitrogen and oxygen atoms in total. The highest BCUT2D eigenvalue weighted by molar-refractivity contribution is 8.17. The fourth-order valence-corrected chi connectivity index (χ4v) is 3.92. The topological polar surface area (TPSA) is 52.6 Å². The molecule has 0 aliphatic heterocycles. The van der Waals surface area contributed by atoms with Crippen LogP contribution in [0.15, 0.2) is 30.3 Å². The molecule has 0 spiro atoms. The highest BCUT2D eigenvalue weighted by atomic mass is 32.2. The quantitative estimate of drug-likeness (QED) is 0.481. The lowest BCUT2D eigenvalue weighted by atomic mass is 10.2. The SMILES string of the molecule is CCOC(=O)CSC(Cc1ccccc1)SCC(=O)OCC. The normalized spacial score (nSPS) is 10.5. The first-order chi connectivity index (χ1) is 10.7. The molecule has 0 aromatic heterocycles. The fourth-order valence-electron chi connectivity index (χ4n) is 1.70. The second-order valence-corrected chi connectivity index (χ2v) is 7.03. The molecule has 0 bridgehead atoms. The summed E-state index contributed by atoms with van der Waals surface area (Å²) in [7, 11) is 0. The Hall–Kier alpha value is -1.14. The lowest BCUT2D eigenvalue weighted by molar-refractivity contribution is -0.140. The third kappa shape index (κ3) is 8.34. The van der Waals surface area contributed by atoms with Crippen LogP contribution in [0.2, 0.25) is 0 Å². The van der Waals surface area contributed by atoms with Gasteiger partial charge in [-0.05, 0) is 25.8 Å². The predicted octanol–water partition coefficient (Wildman–Crippen LogP) is 3.15. The molecule has 6 heteroatoms. The van der Waals surface area contributed by atoms with Crippen molar-refractivity contribution in [2.75, 3.05) is 24.7 Å². The molecule has 1 aromatic carbocycles. The molecule has 0 radical (unpaired) electrons. The average Bonchev–Trinajstić information content (AvgIpc) is 2.51. The summed E-state index contributed by atoms with van der Waals surface area (Å²) >= 11 is 3.01. The maximum Gasteiger partial charge on any atom is 0.315 e. The Morgan fingerprint density at radius 1 is 0.955 bits per heavy atom. The van der Waals surface area contributed by atoms with E-state index in [0.29, 0.717) is 24.7 Å². The van der Waals surface area contributed by atoms with Gasteiger partial charge < -0.3 is 9.47 Å². The minimum absolute atomic E-state index is 0.108. The van der Waals surface area contributed by atoms with Gasteiger partial charge in [0.2, 0.25) is 0 Å². The van der Waals surface area contributed by atoms with Crippen LogP contribution >= 0.6 is 23.5 Å². The maximum atomic E-state index is 11.5.